The molecule has 112 valence electrons. The van der Waals surface area contributed by atoms with Crippen molar-refractivity contribution in [3.05, 3.63) is 64.7 Å². The lowest BCUT2D eigenvalue weighted by Gasteiger charge is -2.22. The number of benzene rings is 2. The topological polar surface area (TPSA) is 29.3 Å². The van der Waals surface area contributed by atoms with E-state index in [4.69, 9.17) is 5.73 Å². The van der Waals surface area contributed by atoms with Crippen LogP contribution in [-0.2, 0) is 13.1 Å². The van der Waals surface area contributed by atoms with E-state index < -0.39 is 0 Å². The Kier molecular flexibility index (Phi) is 5.40. The van der Waals surface area contributed by atoms with Crippen molar-refractivity contribution in [3.8, 4) is 0 Å². The van der Waals surface area contributed by atoms with Gasteiger partial charge < -0.3 is 5.73 Å². The van der Waals surface area contributed by atoms with Gasteiger partial charge in [-0.15, -0.1) is 0 Å². The zero-order valence-electron chi connectivity index (χ0n) is 13.4. The van der Waals surface area contributed by atoms with Gasteiger partial charge in [-0.1, -0.05) is 48.4 Å². The average Bonchev–Trinajstić information content (AvgIpc) is 2.40. The number of nitrogens with zero attached hydrogens (tertiary/aromatic N) is 1. The maximum Gasteiger partial charge on any atom is 0.0314 e. The van der Waals surface area contributed by atoms with Crippen molar-refractivity contribution < 1.29 is 0 Å². The molecule has 0 unspecified atom stereocenters. The van der Waals surface area contributed by atoms with Crippen LogP contribution in [0.4, 0.5) is 5.69 Å². The highest BCUT2D eigenvalue weighted by molar-refractivity contribution is 5.39. The molecule has 0 atom stereocenters. The lowest BCUT2D eigenvalue weighted by molar-refractivity contribution is 0.257. The summed E-state index contributed by atoms with van der Waals surface area (Å²) in [5.41, 5.74) is 12.0. The van der Waals surface area contributed by atoms with Gasteiger partial charge in [-0.2, -0.15) is 0 Å². The third-order valence-electron chi connectivity index (χ3n) is 3.61. The number of nitrogen functional groups attached to an aromatic ring is 1. The number of hydrogen-bond donors (Lipinski definition) is 1. The molecule has 0 amide bonds. The van der Waals surface area contributed by atoms with Crippen molar-refractivity contribution in [2.24, 2.45) is 0 Å². The van der Waals surface area contributed by atoms with E-state index in [1.165, 1.54) is 28.7 Å². The molecule has 0 aliphatic rings. The van der Waals surface area contributed by atoms with Crippen molar-refractivity contribution in [1.82, 2.24) is 4.90 Å². The Balaban J connectivity index is 2.09. The van der Waals surface area contributed by atoms with E-state index in [9.17, 15) is 0 Å². The van der Waals surface area contributed by atoms with Crippen molar-refractivity contribution in [2.75, 3.05) is 12.3 Å². The van der Waals surface area contributed by atoms with E-state index in [-0.39, 0.29) is 0 Å². The summed E-state index contributed by atoms with van der Waals surface area (Å²) < 4.78 is 0. The maximum absolute atomic E-state index is 5.76. The quantitative estimate of drug-likeness (QED) is 0.800. The number of hydrogen-bond acceptors (Lipinski definition) is 2. The van der Waals surface area contributed by atoms with Gasteiger partial charge in [0.25, 0.3) is 0 Å². The van der Waals surface area contributed by atoms with E-state index in [2.05, 4.69) is 56.0 Å². The Morgan fingerprint density at radius 2 is 1.43 bits per heavy atom. The van der Waals surface area contributed by atoms with Gasteiger partial charge in [0, 0.05) is 18.8 Å². The zero-order chi connectivity index (χ0) is 15.2. The van der Waals surface area contributed by atoms with Gasteiger partial charge in [0.1, 0.15) is 0 Å². The molecule has 21 heavy (non-hydrogen) atoms. The summed E-state index contributed by atoms with van der Waals surface area (Å²) in [6.07, 6.45) is 1.17. The highest BCUT2D eigenvalue weighted by Crippen LogP contribution is 2.15. The summed E-state index contributed by atoms with van der Waals surface area (Å²) in [5.74, 6) is 0. The highest BCUT2D eigenvalue weighted by atomic mass is 15.1. The van der Waals surface area contributed by atoms with E-state index in [1.807, 2.05) is 12.1 Å². The summed E-state index contributed by atoms with van der Waals surface area (Å²) in [6.45, 7) is 9.65. The molecule has 2 rings (SSSR count). The molecule has 0 saturated carbocycles. The highest BCUT2D eigenvalue weighted by Gasteiger charge is 2.07. The molecule has 0 aliphatic heterocycles. The molecule has 2 aromatic rings. The van der Waals surface area contributed by atoms with Gasteiger partial charge in [-0.05, 0) is 50.1 Å². The van der Waals surface area contributed by atoms with Crippen LogP contribution in [0.15, 0.2) is 42.5 Å². The Morgan fingerprint density at radius 1 is 0.857 bits per heavy atom. The Morgan fingerprint density at radius 3 is 2.00 bits per heavy atom. The molecular weight excluding hydrogens is 256 g/mol. The number of aryl methyl sites for hydroxylation is 2. The second-order valence-electron chi connectivity index (χ2n) is 5.95. The standard InChI is InChI=1S/C19H26N2/c1-4-9-21(13-17-5-7-19(20)8-6-17)14-18-11-15(2)10-16(3)12-18/h5-8,10-12H,4,9,13-14,20H2,1-3H3. The first kappa shape index (κ1) is 15.6. The fourth-order valence-corrected chi connectivity index (χ4v) is 2.83. The van der Waals surface area contributed by atoms with Crippen LogP contribution in [0.5, 0.6) is 0 Å². The molecule has 2 aromatic carbocycles. The first-order valence-electron chi connectivity index (χ1n) is 7.70. The van der Waals surface area contributed by atoms with Gasteiger partial charge in [-0.3, -0.25) is 4.90 Å². The molecular formula is C19H26N2. The molecule has 0 bridgehead atoms. The van der Waals surface area contributed by atoms with Gasteiger partial charge >= 0.3 is 0 Å². The summed E-state index contributed by atoms with van der Waals surface area (Å²) in [6, 6.07) is 15.0. The van der Waals surface area contributed by atoms with Crippen LogP contribution in [0, 0.1) is 13.8 Å². The van der Waals surface area contributed by atoms with Crippen LogP contribution in [0.3, 0.4) is 0 Å². The van der Waals surface area contributed by atoms with Crippen molar-refractivity contribution >= 4 is 5.69 Å². The first-order valence-corrected chi connectivity index (χ1v) is 7.70. The predicted octanol–water partition coefficient (Wildman–Crippen LogP) is 4.30. The second-order valence-corrected chi connectivity index (χ2v) is 5.95. The van der Waals surface area contributed by atoms with Gasteiger partial charge in [-0.25, -0.2) is 0 Å². The Labute approximate surface area is 128 Å². The van der Waals surface area contributed by atoms with Crippen molar-refractivity contribution in [3.63, 3.8) is 0 Å². The Hall–Kier alpha value is -1.80. The molecule has 0 saturated heterocycles. The smallest absolute Gasteiger partial charge is 0.0314 e. The van der Waals surface area contributed by atoms with Crippen LogP contribution in [0.1, 0.15) is 35.6 Å². The minimum absolute atomic E-state index is 0.829. The van der Waals surface area contributed by atoms with E-state index >= 15 is 0 Å². The lowest BCUT2D eigenvalue weighted by atomic mass is 10.1. The third-order valence-corrected chi connectivity index (χ3v) is 3.61. The fraction of sp³-hybridized carbons (Fsp3) is 0.368. The predicted molar refractivity (Wildman–Crippen MR) is 91.2 cm³/mol. The largest absolute Gasteiger partial charge is 0.399 e. The first-order chi connectivity index (χ1) is 10.1. The van der Waals surface area contributed by atoms with E-state index in [1.54, 1.807) is 0 Å². The molecule has 0 aromatic heterocycles. The van der Waals surface area contributed by atoms with Crippen LogP contribution in [-0.4, -0.2) is 11.4 Å². The summed E-state index contributed by atoms with van der Waals surface area (Å²) in [4.78, 5) is 2.50. The van der Waals surface area contributed by atoms with Crippen LogP contribution >= 0.6 is 0 Å². The number of rotatable bonds is 6. The number of anilines is 1. The number of nitrogens with two attached hydrogens (primary N) is 1. The summed E-state index contributed by atoms with van der Waals surface area (Å²) in [7, 11) is 0. The monoisotopic (exact) mass is 282 g/mol. The zero-order valence-corrected chi connectivity index (χ0v) is 13.4. The molecule has 2 nitrogen and oxygen atoms in total. The molecule has 0 heterocycles. The fourth-order valence-electron chi connectivity index (χ4n) is 2.83. The van der Waals surface area contributed by atoms with Gasteiger partial charge in [0.15, 0.2) is 0 Å². The van der Waals surface area contributed by atoms with E-state index in [0.29, 0.717) is 0 Å². The molecule has 0 radical (unpaired) electrons. The van der Waals surface area contributed by atoms with Crippen molar-refractivity contribution in [1.29, 1.82) is 0 Å². The molecule has 0 fully saturated rings. The van der Waals surface area contributed by atoms with Crippen LogP contribution < -0.4 is 5.73 Å². The van der Waals surface area contributed by atoms with Crippen molar-refractivity contribution in [2.45, 2.75) is 40.3 Å². The van der Waals surface area contributed by atoms with Gasteiger partial charge in [0.05, 0.1) is 0 Å². The molecule has 0 spiro atoms. The van der Waals surface area contributed by atoms with Crippen LogP contribution in [0.25, 0.3) is 0 Å². The average molecular weight is 282 g/mol. The normalized spacial score (nSPS) is 11.0. The second kappa shape index (κ2) is 7.28. The minimum atomic E-state index is 0.829. The molecule has 2 N–H and O–H groups in total. The summed E-state index contributed by atoms with van der Waals surface area (Å²) >= 11 is 0. The maximum atomic E-state index is 5.76. The third kappa shape index (κ3) is 4.91. The van der Waals surface area contributed by atoms with Crippen LogP contribution in [0.2, 0.25) is 0 Å². The van der Waals surface area contributed by atoms with Gasteiger partial charge in [0.2, 0.25) is 0 Å². The minimum Gasteiger partial charge on any atom is -0.399 e. The van der Waals surface area contributed by atoms with E-state index in [0.717, 1.165) is 25.3 Å². The molecule has 0 aliphatic carbocycles. The Bertz CT molecular complexity index is 552. The molecule has 2 heteroatoms. The summed E-state index contributed by atoms with van der Waals surface area (Å²) in [5, 5.41) is 0. The SMILES string of the molecule is CCCN(Cc1ccc(N)cc1)Cc1cc(C)cc(C)c1. The lowest BCUT2D eigenvalue weighted by Crippen LogP contribution is -2.23.